The quantitative estimate of drug-likeness (QED) is 0.367. The highest BCUT2D eigenvalue weighted by molar-refractivity contribution is 5.86. The Balaban J connectivity index is 2.51. The first-order valence-corrected chi connectivity index (χ1v) is 9.88. The summed E-state index contributed by atoms with van der Waals surface area (Å²) >= 11 is 0. The van der Waals surface area contributed by atoms with Gasteiger partial charge in [-0.25, -0.2) is 4.79 Å². The molecule has 1 rings (SSSR count). The predicted octanol–water partition coefficient (Wildman–Crippen LogP) is 2.14. The largest absolute Gasteiger partial charge is 0.467 e. The van der Waals surface area contributed by atoms with Crippen LogP contribution in [0.5, 0.6) is 0 Å². The number of carbonyl (C=O) groups excluding carboxylic acids is 2. The zero-order valence-corrected chi connectivity index (χ0v) is 18.3. The second-order valence-electron chi connectivity index (χ2n) is 7.75. The number of alkyl carbamates (subject to hydrolysis) is 1. The van der Waals surface area contributed by atoms with Gasteiger partial charge in [0.05, 0.1) is 24.9 Å². The van der Waals surface area contributed by atoms with Gasteiger partial charge in [-0.3, -0.25) is 9.79 Å². The average Bonchev–Trinajstić information content (AvgIpc) is 3.17. The van der Waals surface area contributed by atoms with E-state index in [0.29, 0.717) is 37.7 Å². The Kier molecular flexibility index (Phi) is 9.50. The van der Waals surface area contributed by atoms with E-state index >= 15 is 0 Å². The van der Waals surface area contributed by atoms with E-state index in [1.807, 2.05) is 34.6 Å². The van der Waals surface area contributed by atoms with Gasteiger partial charge in [-0.05, 0) is 45.7 Å². The maximum absolute atomic E-state index is 12.2. The van der Waals surface area contributed by atoms with Crippen molar-refractivity contribution in [1.82, 2.24) is 21.3 Å². The summed E-state index contributed by atoms with van der Waals surface area (Å²) in [6.07, 6.45) is 2.51. The number of hydrogen-bond acceptors (Lipinski definition) is 5. The van der Waals surface area contributed by atoms with E-state index in [-0.39, 0.29) is 12.5 Å². The van der Waals surface area contributed by atoms with E-state index in [1.54, 1.807) is 25.4 Å². The molecule has 2 amide bonds. The molecule has 0 saturated carbocycles. The highest BCUT2D eigenvalue weighted by Crippen LogP contribution is 2.16. The molecular weight excluding hydrogens is 374 g/mol. The Morgan fingerprint density at radius 2 is 1.83 bits per heavy atom. The van der Waals surface area contributed by atoms with Crippen molar-refractivity contribution in [2.75, 3.05) is 20.1 Å². The summed E-state index contributed by atoms with van der Waals surface area (Å²) in [5.74, 6) is 0.966. The molecule has 0 aliphatic carbocycles. The van der Waals surface area contributed by atoms with Crippen LogP contribution in [0.3, 0.4) is 0 Å². The summed E-state index contributed by atoms with van der Waals surface area (Å²) in [6.45, 7) is 10.3. The number of furan rings is 1. The molecule has 9 heteroatoms. The van der Waals surface area contributed by atoms with Crippen molar-refractivity contribution in [3.05, 3.63) is 24.2 Å². The van der Waals surface area contributed by atoms with Gasteiger partial charge in [0.2, 0.25) is 5.91 Å². The Morgan fingerprint density at radius 1 is 1.14 bits per heavy atom. The second kappa shape index (κ2) is 11.3. The fourth-order valence-electron chi connectivity index (χ4n) is 2.54. The molecule has 0 spiro atoms. The maximum atomic E-state index is 12.2. The van der Waals surface area contributed by atoms with Crippen LogP contribution in [-0.2, 0) is 16.1 Å². The normalized spacial score (nSPS) is 12.3. The molecular formula is C20H35N5O4. The van der Waals surface area contributed by atoms with Crippen molar-refractivity contribution in [1.29, 1.82) is 0 Å². The molecule has 1 aromatic rings. The van der Waals surface area contributed by atoms with Gasteiger partial charge in [-0.2, -0.15) is 0 Å². The van der Waals surface area contributed by atoms with Crippen LogP contribution in [0, 0.1) is 0 Å². The van der Waals surface area contributed by atoms with E-state index in [2.05, 4.69) is 26.3 Å². The van der Waals surface area contributed by atoms with E-state index in [0.717, 1.165) is 0 Å². The summed E-state index contributed by atoms with van der Waals surface area (Å²) in [4.78, 5) is 28.3. The lowest BCUT2D eigenvalue weighted by Crippen LogP contribution is -2.57. The lowest BCUT2D eigenvalue weighted by molar-refractivity contribution is -0.120. The summed E-state index contributed by atoms with van der Waals surface area (Å²) in [7, 11) is 1.62. The van der Waals surface area contributed by atoms with Crippen LogP contribution in [0.25, 0.3) is 0 Å². The van der Waals surface area contributed by atoms with Crippen molar-refractivity contribution in [2.45, 2.75) is 65.1 Å². The minimum Gasteiger partial charge on any atom is -0.467 e. The maximum Gasteiger partial charge on any atom is 0.408 e. The number of aliphatic imine (C=N–C) groups is 1. The zero-order valence-electron chi connectivity index (χ0n) is 18.3. The van der Waals surface area contributed by atoms with Crippen molar-refractivity contribution < 1.29 is 18.7 Å². The van der Waals surface area contributed by atoms with Crippen LogP contribution in [0.4, 0.5) is 4.79 Å². The van der Waals surface area contributed by atoms with E-state index in [9.17, 15) is 9.59 Å². The smallest absolute Gasteiger partial charge is 0.408 e. The molecule has 0 bridgehead atoms. The summed E-state index contributed by atoms with van der Waals surface area (Å²) in [5, 5.41) is 11.9. The van der Waals surface area contributed by atoms with Gasteiger partial charge in [0.25, 0.3) is 0 Å². The lowest BCUT2D eigenvalue weighted by Gasteiger charge is -2.34. The van der Waals surface area contributed by atoms with Gasteiger partial charge >= 0.3 is 6.09 Å². The van der Waals surface area contributed by atoms with E-state index < -0.39 is 17.2 Å². The van der Waals surface area contributed by atoms with E-state index in [1.165, 1.54) is 0 Å². The first-order valence-electron chi connectivity index (χ1n) is 9.88. The Bertz CT molecular complexity index is 661. The van der Waals surface area contributed by atoms with E-state index in [4.69, 9.17) is 9.15 Å². The molecule has 1 aromatic heterocycles. The minimum absolute atomic E-state index is 0.0606. The van der Waals surface area contributed by atoms with Crippen LogP contribution >= 0.6 is 0 Å². The summed E-state index contributed by atoms with van der Waals surface area (Å²) in [5.41, 5.74) is -1.06. The number of carbonyl (C=O) groups is 2. The number of guanidine groups is 1. The van der Waals surface area contributed by atoms with Gasteiger partial charge in [-0.1, -0.05) is 13.8 Å². The number of rotatable bonds is 9. The predicted molar refractivity (Wildman–Crippen MR) is 113 cm³/mol. The van der Waals surface area contributed by atoms with Gasteiger partial charge in [0.15, 0.2) is 5.96 Å². The Hall–Kier alpha value is -2.71. The standard InChI is InChI=1S/C20H35N5O4/c1-7-20(8-2,25-18(27)29-19(3,4)5)14-24-17(21-6)23-13-16(26)22-12-15-10-9-11-28-15/h9-11H,7-8,12-14H2,1-6H3,(H,22,26)(H,25,27)(H2,21,23,24). The monoisotopic (exact) mass is 409 g/mol. The van der Waals surface area contributed by atoms with Gasteiger partial charge in [-0.15, -0.1) is 0 Å². The molecule has 0 fully saturated rings. The molecule has 0 aliphatic heterocycles. The molecule has 29 heavy (non-hydrogen) atoms. The molecule has 0 atom stereocenters. The Labute approximate surface area is 173 Å². The average molecular weight is 410 g/mol. The first kappa shape index (κ1) is 24.3. The molecule has 164 valence electrons. The molecule has 0 aromatic carbocycles. The summed E-state index contributed by atoms with van der Waals surface area (Å²) in [6, 6.07) is 3.56. The zero-order chi connectivity index (χ0) is 21.9. The van der Waals surface area contributed by atoms with Crippen molar-refractivity contribution in [3.8, 4) is 0 Å². The van der Waals surface area contributed by atoms with Crippen LogP contribution in [-0.4, -0.2) is 49.2 Å². The number of nitrogens with one attached hydrogen (secondary N) is 4. The number of ether oxygens (including phenoxy) is 1. The molecule has 4 N–H and O–H groups in total. The fraction of sp³-hybridized carbons (Fsp3) is 0.650. The molecule has 9 nitrogen and oxygen atoms in total. The Morgan fingerprint density at radius 3 is 2.34 bits per heavy atom. The topological polar surface area (TPSA) is 117 Å². The van der Waals surface area contributed by atoms with Gasteiger partial charge in [0.1, 0.15) is 11.4 Å². The molecule has 1 heterocycles. The fourth-order valence-corrected chi connectivity index (χ4v) is 2.54. The van der Waals surface area contributed by atoms with Gasteiger partial charge < -0.3 is 30.4 Å². The second-order valence-corrected chi connectivity index (χ2v) is 7.75. The van der Waals surface area contributed by atoms with Gasteiger partial charge in [0, 0.05) is 13.6 Å². The highest BCUT2D eigenvalue weighted by atomic mass is 16.6. The van der Waals surface area contributed by atoms with Crippen molar-refractivity contribution in [3.63, 3.8) is 0 Å². The van der Waals surface area contributed by atoms with Crippen molar-refractivity contribution >= 4 is 18.0 Å². The third-order valence-corrected chi connectivity index (χ3v) is 4.39. The summed E-state index contributed by atoms with van der Waals surface area (Å²) < 4.78 is 10.6. The molecule has 0 saturated heterocycles. The highest BCUT2D eigenvalue weighted by Gasteiger charge is 2.30. The third-order valence-electron chi connectivity index (χ3n) is 4.39. The number of amides is 2. The minimum atomic E-state index is -0.564. The van der Waals surface area contributed by atoms with Crippen molar-refractivity contribution in [2.24, 2.45) is 4.99 Å². The van der Waals surface area contributed by atoms with Crippen LogP contribution in [0.15, 0.2) is 27.8 Å². The number of hydrogen-bond donors (Lipinski definition) is 4. The lowest BCUT2D eigenvalue weighted by atomic mass is 9.93. The molecule has 0 radical (unpaired) electrons. The molecule has 0 aliphatic rings. The van der Waals surface area contributed by atoms with Crippen LogP contribution < -0.4 is 21.3 Å². The first-order chi connectivity index (χ1) is 13.6. The van der Waals surface area contributed by atoms with Crippen LogP contribution in [0.2, 0.25) is 0 Å². The van der Waals surface area contributed by atoms with Crippen LogP contribution in [0.1, 0.15) is 53.2 Å². The third kappa shape index (κ3) is 9.36. The molecule has 0 unspecified atom stereocenters. The number of nitrogens with zero attached hydrogens (tertiary/aromatic N) is 1. The SMILES string of the molecule is CCC(CC)(CNC(=NC)NCC(=O)NCc1ccco1)NC(=O)OC(C)(C)C.